The van der Waals surface area contributed by atoms with E-state index in [9.17, 15) is 9.59 Å². The van der Waals surface area contributed by atoms with Gasteiger partial charge in [0.2, 0.25) is 6.73 Å². The first kappa shape index (κ1) is 29.2. The minimum atomic E-state index is -0.424. The van der Waals surface area contributed by atoms with Crippen molar-refractivity contribution in [2.45, 2.75) is 52.4 Å². The van der Waals surface area contributed by atoms with Crippen LogP contribution in [-0.4, -0.2) is 58.6 Å². The first-order chi connectivity index (χ1) is 16.4. The topological polar surface area (TPSA) is 87.6 Å². The summed E-state index contributed by atoms with van der Waals surface area (Å²) < 4.78 is 26.1. The van der Waals surface area contributed by atoms with Gasteiger partial charge in [0.15, 0.2) is 0 Å². The molecule has 35 heavy (non-hydrogen) atoms. The zero-order chi connectivity index (χ0) is 24.4. The van der Waals surface area contributed by atoms with Gasteiger partial charge in [0.1, 0.15) is 18.0 Å². The second-order valence-electron chi connectivity index (χ2n) is 8.87. The number of halogens is 1. The average Bonchev–Trinajstić information content (AvgIpc) is 3.27. The Morgan fingerprint density at radius 3 is 2.71 bits per heavy atom. The first-order valence-electron chi connectivity index (χ1n) is 11.8. The van der Waals surface area contributed by atoms with E-state index in [1.807, 2.05) is 0 Å². The van der Waals surface area contributed by atoms with Crippen molar-refractivity contribution in [2.24, 2.45) is 0 Å². The lowest BCUT2D eigenvalue weighted by Gasteiger charge is -2.36. The number of nitrogens with zero attached hydrogens (tertiary/aromatic N) is 3. The minimum Gasteiger partial charge on any atom is -1.00 e. The van der Waals surface area contributed by atoms with E-state index in [1.165, 1.54) is 19.8 Å². The zero-order valence-corrected chi connectivity index (χ0v) is 23.6. The van der Waals surface area contributed by atoms with Crippen LogP contribution in [0.4, 0.5) is 0 Å². The quantitative estimate of drug-likeness (QED) is 0.117. The lowest BCUT2D eigenvalue weighted by atomic mass is 10.1. The Bertz CT molecular complexity index is 1010. The van der Waals surface area contributed by atoms with E-state index in [4.69, 9.17) is 14.2 Å². The highest BCUT2D eigenvalue weighted by Crippen LogP contribution is 2.30. The Morgan fingerprint density at radius 2 is 1.94 bits per heavy atom. The monoisotopic (exact) mass is 615 g/mol. The smallest absolute Gasteiger partial charge is 0.314 e. The number of para-hydroxylation sites is 1. The first-order valence-corrected chi connectivity index (χ1v) is 12.5. The van der Waals surface area contributed by atoms with Crippen LogP contribution >= 0.6 is 11.7 Å². The highest BCUT2D eigenvalue weighted by atomic mass is 127. The van der Waals surface area contributed by atoms with E-state index in [0.717, 1.165) is 48.8 Å². The molecule has 192 valence electrons. The third-order valence-electron chi connectivity index (χ3n) is 5.71. The molecule has 0 N–H and O–H groups in total. The maximum absolute atomic E-state index is 12.6. The van der Waals surface area contributed by atoms with E-state index in [2.05, 4.69) is 28.8 Å². The number of benzene rings is 1. The van der Waals surface area contributed by atoms with Gasteiger partial charge in [0.05, 0.1) is 38.3 Å². The van der Waals surface area contributed by atoms with Crippen molar-refractivity contribution in [1.29, 1.82) is 0 Å². The Labute approximate surface area is 228 Å². The molecule has 1 aromatic heterocycles. The normalized spacial score (nSPS) is 17.2. The number of esters is 2. The number of hydrogen-bond donors (Lipinski definition) is 0. The molecule has 2 heterocycles. The number of carbonyl (C=O) groups is 2. The highest BCUT2D eigenvalue weighted by molar-refractivity contribution is 6.99. The van der Waals surface area contributed by atoms with Crippen molar-refractivity contribution in [3.8, 4) is 11.6 Å². The molecule has 0 fully saturated rings. The fourth-order valence-electron chi connectivity index (χ4n) is 3.89. The van der Waals surface area contributed by atoms with Crippen molar-refractivity contribution in [3.05, 3.63) is 41.6 Å². The number of unbranched alkanes of at least 4 members (excludes halogenated alkanes) is 3. The SMILES string of the molecule is CCCCCCOc1nsnc1C1=CCC[N+](C)(COC(=O)Cc2ccccc2OC(C)=O)C1.[I-]. The van der Waals surface area contributed by atoms with Crippen molar-refractivity contribution in [2.75, 3.05) is 33.5 Å². The number of aromatic nitrogens is 2. The molecule has 0 saturated heterocycles. The summed E-state index contributed by atoms with van der Waals surface area (Å²) in [6.07, 6.45) is 7.63. The van der Waals surface area contributed by atoms with Gasteiger partial charge in [-0.25, -0.2) is 0 Å². The van der Waals surface area contributed by atoms with Gasteiger partial charge in [-0.05, 0) is 12.5 Å². The summed E-state index contributed by atoms with van der Waals surface area (Å²) in [5.41, 5.74) is 2.49. The van der Waals surface area contributed by atoms with E-state index >= 15 is 0 Å². The average molecular weight is 616 g/mol. The van der Waals surface area contributed by atoms with Gasteiger partial charge in [0.25, 0.3) is 5.88 Å². The molecule has 0 saturated carbocycles. The second-order valence-corrected chi connectivity index (χ2v) is 9.40. The Kier molecular flexibility index (Phi) is 12.1. The van der Waals surface area contributed by atoms with Crippen molar-refractivity contribution in [1.82, 2.24) is 8.75 Å². The Morgan fingerprint density at radius 1 is 1.14 bits per heavy atom. The summed E-state index contributed by atoms with van der Waals surface area (Å²) in [4.78, 5) is 23.9. The van der Waals surface area contributed by atoms with Crippen molar-refractivity contribution in [3.63, 3.8) is 0 Å². The summed E-state index contributed by atoms with van der Waals surface area (Å²) in [7, 11) is 2.07. The third-order valence-corrected chi connectivity index (χ3v) is 6.22. The van der Waals surface area contributed by atoms with Crippen molar-refractivity contribution >= 4 is 29.2 Å². The number of likely N-dealkylation sites (N-methyl/N-ethyl adjacent to an activating group) is 1. The van der Waals surface area contributed by atoms with Gasteiger partial charge in [-0.3, -0.25) is 14.1 Å². The largest absolute Gasteiger partial charge is 1.00 e. The molecule has 1 atom stereocenters. The number of ether oxygens (including phenoxy) is 3. The van der Waals surface area contributed by atoms with Crippen LogP contribution in [0.5, 0.6) is 11.6 Å². The van der Waals surface area contributed by atoms with Gasteiger partial charge < -0.3 is 38.2 Å². The molecule has 0 radical (unpaired) electrons. The lowest BCUT2D eigenvalue weighted by molar-refractivity contribution is -0.919. The molecular formula is C25H34IN3O5S. The summed E-state index contributed by atoms with van der Waals surface area (Å²) in [5.74, 6) is 0.197. The maximum atomic E-state index is 12.6. The standard InChI is InChI=1S/C25H34N3O5S.HI/c1-4-5-6-9-15-31-25-24(26-34-27-25)21-12-10-14-28(3,17-21)18-32-23(30)16-20-11-7-8-13-22(20)33-19(2)29;/h7-8,11-13H,4-6,9-10,14-18H2,1-3H3;1H/q+1;/p-1. The fourth-order valence-corrected chi connectivity index (χ4v) is 4.43. The van der Waals surface area contributed by atoms with Crippen LogP contribution in [0.25, 0.3) is 5.57 Å². The molecule has 10 heteroatoms. The molecule has 0 amide bonds. The molecule has 8 nitrogen and oxygen atoms in total. The summed E-state index contributed by atoms with van der Waals surface area (Å²) >= 11 is 1.16. The van der Waals surface area contributed by atoms with Crippen LogP contribution in [0.1, 0.15) is 57.2 Å². The van der Waals surface area contributed by atoms with Gasteiger partial charge in [-0.1, -0.05) is 50.5 Å². The maximum Gasteiger partial charge on any atom is 0.314 e. The molecule has 1 unspecified atom stereocenters. The Balaban J connectivity index is 0.00000432. The number of hydrogen-bond acceptors (Lipinski definition) is 8. The summed E-state index contributed by atoms with van der Waals surface area (Å²) in [5, 5.41) is 0. The van der Waals surface area contributed by atoms with Crippen LogP contribution < -0.4 is 33.5 Å². The number of rotatable bonds is 12. The van der Waals surface area contributed by atoms with Crippen LogP contribution in [-0.2, 0) is 20.7 Å². The van der Waals surface area contributed by atoms with E-state index in [0.29, 0.717) is 34.8 Å². The Hall–Kier alpha value is -2.05. The molecule has 1 aromatic carbocycles. The highest BCUT2D eigenvalue weighted by Gasteiger charge is 2.31. The van der Waals surface area contributed by atoms with E-state index in [1.54, 1.807) is 24.3 Å². The lowest BCUT2D eigenvalue weighted by Crippen LogP contribution is -3.00. The van der Waals surface area contributed by atoms with Gasteiger partial charge >= 0.3 is 11.9 Å². The fraction of sp³-hybridized carbons (Fsp3) is 0.520. The van der Waals surface area contributed by atoms with Gasteiger partial charge in [-0.2, -0.15) is 4.37 Å². The predicted molar refractivity (Wildman–Crippen MR) is 130 cm³/mol. The predicted octanol–water partition coefficient (Wildman–Crippen LogP) is 1.40. The molecule has 1 aliphatic heterocycles. The second kappa shape index (κ2) is 14.5. The van der Waals surface area contributed by atoms with E-state index < -0.39 is 5.97 Å². The van der Waals surface area contributed by atoms with Gasteiger partial charge in [0, 0.05) is 24.5 Å². The minimum absolute atomic E-state index is 0. The van der Waals surface area contributed by atoms with Crippen LogP contribution in [0.2, 0.25) is 0 Å². The third kappa shape index (κ3) is 9.16. The van der Waals surface area contributed by atoms with Crippen LogP contribution in [0.15, 0.2) is 30.3 Å². The molecule has 0 bridgehead atoms. The zero-order valence-electron chi connectivity index (χ0n) is 20.6. The van der Waals surface area contributed by atoms with Crippen LogP contribution in [0.3, 0.4) is 0 Å². The van der Waals surface area contributed by atoms with E-state index in [-0.39, 0.29) is 43.1 Å². The number of quaternary nitrogens is 1. The molecule has 2 aromatic rings. The molecular weight excluding hydrogens is 581 g/mol. The summed E-state index contributed by atoms with van der Waals surface area (Å²) in [6.45, 7) is 5.94. The molecule has 1 aliphatic rings. The van der Waals surface area contributed by atoms with Crippen molar-refractivity contribution < 1.29 is 52.3 Å². The van der Waals surface area contributed by atoms with Crippen LogP contribution in [0, 0.1) is 0 Å². The molecule has 0 spiro atoms. The summed E-state index contributed by atoms with van der Waals surface area (Å²) in [6, 6.07) is 7.00. The van der Waals surface area contributed by atoms with Gasteiger partial charge in [-0.15, -0.1) is 4.37 Å². The number of carbonyl (C=O) groups excluding carboxylic acids is 2. The molecule has 0 aliphatic carbocycles. The molecule has 3 rings (SSSR count).